The fourth-order valence-electron chi connectivity index (χ4n) is 2.23. The molecule has 0 saturated carbocycles. The molecule has 2 N–H and O–H groups in total. The van der Waals surface area contributed by atoms with Crippen LogP contribution in [-0.4, -0.2) is 36.7 Å². The monoisotopic (exact) mass is 277 g/mol. The Labute approximate surface area is 117 Å². The van der Waals surface area contributed by atoms with Crippen molar-refractivity contribution in [1.82, 2.24) is 5.32 Å². The van der Waals surface area contributed by atoms with E-state index in [0.717, 1.165) is 26.1 Å². The Hall–Kier alpha value is -1.88. The van der Waals surface area contributed by atoms with E-state index in [1.165, 1.54) is 12.1 Å². The van der Waals surface area contributed by atoms with Crippen molar-refractivity contribution in [1.29, 1.82) is 0 Å². The third kappa shape index (κ3) is 3.57. The molecule has 0 aliphatic carbocycles. The molecule has 0 atom stereocenters. The smallest absolute Gasteiger partial charge is 0.335 e. The normalized spacial score (nSPS) is 17.4. The number of ether oxygens (including phenoxy) is 1. The van der Waals surface area contributed by atoms with E-state index in [0.29, 0.717) is 12.1 Å². The summed E-state index contributed by atoms with van der Waals surface area (Å²) >= 11 is 0. The molecule has 0 bridgehead atoms. The van der Waals surface area contributed by atoms with Gasteiger partial charge in [0.15, 0.2) is 0 Å². The van der Waals surface area contributed by atoms with Crippen LogP contribution >= 0.6 is 0 Å². The van der Waals surface area contributed by atoms with Crippen LogP contribution in [0.15, 0.2) is 24.3 Å². The summed E-state index contributed by atoms with van der Waals surface area (Å²) in [7, 11) is 0. The van der Waals surface area contributed by atoms with Crippen LogP contribution in [0.1, 0.15) is 40.5 Å². The van der Waals surface area contributed by atoms with Gasteiger partial charge >= 0.3 is 5.97 Å². The number of carboxylic acids is 1. The fraction of sp³-hybridized carbons (Fsp3) is 0.467. The van der Waals surface area contributed by atoms with Crippen molar-refractivity contribution in [3.8, 4) is 0 Å². The van der Waals surface area contributed by atoms with Crippen LogP contribution in [0.2, 0.25) is 0 Å². The molecule has 2 rings (SSSR count). The van der Waals surface area contributed by atoms with Gasteiger partial charge in [-0.1, -0.05) is 13.0 Å². The van der Waals surface area contributed by atoms with Crippen LogP contribution in [-0.2, 0) is 4.74 Å². The summed E-state index contributed by atoms with van der Waals surface area (Å²) < 4.78 is 5.32. The van der Waals surface area contributed by atoms with Gasteiger partial charge in [-0.25, -0.2) is 4.79 Å². The van der Waals surface area contributed by atoms with E-state index in [-0.39, 0.29) is 16.9 Å². The lowest BCUT2D eigenvalue weighted by Gasteiger charge is -2.33. The first-order chi connectivity index (χ1) is 9.50. The average molecular weight is 277 g/mol. The number of hydrogen-bond donors (Lipinski definition) is 2. The maximum atomic E-state index is 12.1. The molecule has 1 saturated heterocycles. The highest BCUT2D eigenvalue weighted by Crippen LogP contribution is 2.28. The maximum Gasteiger partial charge on any atom is 0.335 e. The van der Waals surface area contributed by atoms with E-state index >= 15 is 0 Å². The van der Waals surface area contributed by atoms with Crippen molar-refractivity contribution < 1.29 is 19.4 Å². The topological polar surface area (TPSA) is 75.6 Å². The molecule has 1 aromatic carbocycles. The molecule has 1 aliphatic rings. The summed E-state index contributed by atoms with van der Waals surface area (Å²) in [5.74, 6) is -1.27. The van der Waals surface area contributed by atoms with Gasteiger partial charge in [0.2, 0.25) is 0 Å². The van der Waals surface area contributed by atoms with E-state index in [1.54, 1.807) is 12.1 Å². The minimum Gasteiger partial charge on any atom is -0.478 e. The van der Waals surface area contributed by atoms with Crippen LogP contribution in [0, 0.1) is 5.41 Å². The molecule has 5 heteroatoms. The van der Waals surface area contributed by atoms with Crippen molar-refractivity contribution in [3.63, 3.8) is 0 Å². The van der Waals surface area contributed by atoms with E-state index in [2.05, 4.69) is 12.2 Å². The number of carbonyl (C=O) groups is 2. The quantitative estimate of drug-likeness (QED) is 0.881. The number of carboxylic acid groups (broad SMARTS) is 1. The number of carbonyl (C=O) groups excluding carboxylic acids is 1. The van der Waals surface area contributed by atoms with Gasteiger partial charge in [0.1, 0.15) is 0 Å². The third-order valence-corrected chi connectivity index (χ3v) is 3.75. The van der Waals surface area contributed by atoms with Gasteiger partial charge in [0, 0.05) is 25.3 Å². The molecule has 0 aromatic heterocycles. The van der Waals surface area contributed by atoms with Crippen LogP contribution in [0.3, 0.4) is 0 Å². The first-order valence-electron chi connectivity index (χ1n) is 6.69. The van der Waals surface area contributed by atoms with E-state index in [1.807, 2.05) is 0 Å². The summed E-state index contributed by atoms with van der Waals surface area (Å²) in [5.41, 5.74) is 0.550. The Kier molecular flexibility index (Phi) is 4.39. The Balaban J connectivity index is 1.98. The van der Waals surface area contributed by atoms with Crippen LogP contribution in [0.5, 0.6) is 0 Å². The zero-order valence-corrected chi connectivity index (χ0v) is 11.5. The zero-order chi connectivity index (χ0) is 14.6. The summed E-state index contributed by atoms with van der Waals surface area (Å²) in [5, 5.41) is 11.8. The Bertz CT molecular complexity index is 506. The van der Waals surface area contributed by atoms with Gasteiger partial charge in [0.05, 0.1) is 5.56 Å². The number of hydrogen-bond acceptors (Lipinski definition) is 3. The number of nitrogens with one attached hydrogen (secondary N) is 1. The second kappa shape index (κ2) is 6.05. The molecule has 108 valence electrons. The highest BCUT2D eigenvalue weighted by molar-refractivity contribution is 5.97. The Morgan fingerprint density at radius 3 is 2.60 bits per heavy atom. The van der Waals surface area contributed by atoms with Crippen LogP contribution < -0.4 is 5.32 Å². The van der Waals surface area contributed by atoms with Gasteiger partial charge in [-0.3, -0.25) is 4.79 Å². The maximum absolute atomic E-state index is 12.1. The highest BCUT2D eigenvalue weighted by atomic mass is 16.5. The number of benzene rings is 1. The van der Waals surface area contributed by atoms with Crippen molar-refractivity contribution >= 4 is 11.9 Å². The lowest BCUT2D eigenvalue weighted by atomic mass is 9.82. The van der Waals surface area contributed by atoms with Gasteiger partial charge < -0.3 is 15.2 Å². The molecule has 1 aromatic rings. The van der Waals surface area contributed by atoms with Crippen LogP contribution in [0.4, 0.5) is 0 Å². The minimum absolute atomic E-state index is 0.0539. The van der Waals surface area contributed by atoms with E-state index in [4.69, 9.17) is 9.84 Å². The first-order valence-corrected chi connectivity index (χ1v) is 6.69. The second-order valence-corrected chi connectivity index (χ2v) is 5.49. The molecule has 5 nitrogen and oxygen atoms in total. The second-order valence-electron chi connectivity index (χ2n) is 5.49. The standard InChI is InChI=1S/C15H19NO4/c1-15(5-7-20-8-6-15)10-16-13(17)11-3-2-4-12(9-11)14(18)19/h2-4,9H,5-8,10H2,1H3,(H,16,17)(H,18,19). The van der Waals surface area contributed by atoms with Crippen LogP contribution in [0.25, 0.3) is 0 Å². The molecule has 0 spiro atoms. The Morgan fingerprint density at radius 1 is 1.30 bits per heavy atom. The highest BCUT2D eigenvalue weighted by Gasteiger charge is 2.27. The molecule has 1 aliphatic heterocycles. The fourth-order valence-corrected chi connectivity index (χ4v) is 2.23. The van der Waals surface area contributed by atoms with Crippen molar-refractivity contribution in [3.05, 3.63) is 35.4 Å². The number of amides is 1. The number of aromatic carboxylic acids is 1. The van der Waals surface area contributed by atoms with Crippen molar-refractivity contribution in [2.45, 2.75) is 19.8 Å². The van der Waals surface area contributed by atoms with E-state index in [9.17, 15) is 9.59 Å². The zero-order valence-electron chi connectivity index (χ0n) is 11.5. The third-order valence-electron chi connectivity index (χ3n) is 3.75. The molecular formula is C15H19NO4. The summed E-state index contributed by atoms with van der Waals surface area (Å²) in [6.07, 6.45) is 1.84. The SMILES string of the molecule is CC1(CNC(=O)c2cccc(C(=O)O)c2)CCOCC1. The molecule has 1 amide bonds. The largest absolute Gasteiger partial charge is 0.478 e. The van der Waals surface area contributed by atoms with E-state index < -0.39 is 5.97 Å². The minimum atomic E-state index is -1.03. The summed E-state index contributed by atoms with van der Waals surface area (Å²) in [6, 6.07) is 6.06. The molecule has 1 fully saturated rings. The molecular weight excluding hydrogens is 258 g/mol. The predicted octanol–water partition coefficient (Wildman–Crippen LogP) is 1.93. The van der Waals surface area contributed by atoms with Gasteiger partial charge in [-0.2, -0.15) is 0 Å². The van der Waals surface area contributed by atoms with Gasteiger partial charge in [0.25, 0.3) is 5.91 Å². The summed E-state index contributed by atoms with van der Waals surface area (Å²) in [4.78, 5) is 23.0. The first kappa shape index (κ1) is 14.5. The molecule has 0 radical (unpaired) electrons. The Morgan fingerprint density at radius 2 is 1.95 bits per heavy atom. The lowest BCUT2D eigenvalue weighted by Crippen LogP contribution is -2.39. The van der Waals surface area contributed by atoms with Gasteiger partial charge in [-0.15, -0.1) is 0 Å². The molecule has 20 heavy (non-hydrogen) atoms. The molecule has 0 unspecified atom stereocenters. The molecule has 1 heterocycles. The van der Waals surface area contributed by atoms with Gasteiger partial charge in [-0.05, 0) is 36.5 Å². The predicted molar refractivity (Wildman–Crippen MR) is 73.9 cm³/mol. The summed E-state index contributed by atoms with van der Waals surface area (Å²) in [6.45, 7) is 4.15. The van der Waals surface area contributed by atoms with Crippen molar-refractivity contribution in [2.75, 3.05) is 19.8 Å². The van der Waals surface area contributed by atoms with Crippen molar-refractivity contribution in [2.24, 2.45) is 5.41 Å². The number of rotatable bonds is 4. The lowest BCUT2D eigenvalue weighted by molar-refractivity contribution is 0.0238. The average Bonchev–Trinajstić information content (AvgIpc) is 2.46.